The third-order valence-corrected chi connectivity index (χ3v) is 5.03. The number of furan rings is 1. The van der Waals surface area contributed by atoms with Gasteiger partial charge in [0.05, 0.1) is 1.37 Å². The maximum Gasteiger partial charge on any atom is 0.227 e. The molecule has 4 aromatic carbocycles. The van der Waals surface area contributed by atoms with Crippen molar-refractivity contribution in [3.63, 3.8) is 0 Å². The van der Waals surface area contributed by atoms with Gasteiger partial charge in [-0.25, -0.2) is 4.98 Å². The topological polar surface area (TPSA) is 51.2 Å². The number of nitrogens with zero attached hydrogens (tertiary/aromatic N) is 1. The zero-order valence-electron chi connectivity index (χ0n) is 16.3. The van der Waals surface area contributed by atoms with E-state index in [1.807, 2.05) is 66.7 Å². The van der Waals surface area contributed by atoms with E-state index in [0.717, 1.165) is 50.0 Å². The minimum absolute atomic E-state index is 0.443. The molecule has 0 aliphatic heterocycles. The Morgan fingerprint density at radius 1 is 0.690 bits per heavy atom. The second kappa shape index (κ2) is 6.24. The van der Waals surface area contributed by atoms with Crippen molar-refractivity contribution >= 4 is 44.4 Å². The Balaban J connectivity index is 1.31. The van der Waals surface area contributed by atoms with Crippen molar-refractivity contribution in [3.05, 3.63) is 91.0 Å². The molecule has 0 radical (unpaired) electrons. The molecule has 0 unspecified atom stereocenters. The Hall–Kier alpha value is -4.05. The van der Waals surface area contributed by atoms with Crippen molar-refractivity contribution in [2.24, 2.45) is 0 Å². The molecule has 4 nitrogen and oxygen atoms in total. The minimum Gasteiger partial charge on any atom is -0.456 e. The van der Waals surface area contributed by atoms with Gasteiger partial charge in [0, 0.05) is 27.7 Å². The molecule has 138 valence electrons. The van der Waals surface area contributed by atoms with Crippen LogP contribution in [0.4, 0.5) is 11.4 Å². The van der Waals surface area contributed by atoms with Crippen LogP contribution in [-0.4, -0.2) is 4.98 Å². The average Bonchev–Trinajstić information content (AvgIpc) is 3.35. The van der Waals surface area contributed by atoms with E-state index in [1.165, 1.54) is 0 Å². The lowest BCUT2D eigenvalue weighted by atomic mass is 10.1. The molecule has 0 atom stereocenters. The zero-order valence-corrected chi connectivity index (χ0v) is 15.3. The number of hydrogen-bond acceptors (Lipinski definition) is 4. The van der Waals surface area contributed by atoms with Crippen molar-refractivity contribution in [2.45, 2.75) is 0 Å². The third-order valence-electron chi connectivity index (χ3n) is 5.03. The van der Waals surface area contributed by atoms with Crippen molar-refractivity contribution in [3.8, 4) is 11.5 Å². The molecule has 0 aliphatic rings. The Kier molecular flexibility index (Phi) is 3.22. The van der Waals surface area contributed by atoms with Gasteiger partial charge >= 0.3 is 0 Å². The van der Waals surface area contributed by atoms with E-state index in [1.54, 1.807) is 12.1 Å². The van der Waals surface area contributed by atoms with Gasteiger partial charge in [-0.3, -0.25) is 0 Å². The molecule has 6 aromatic rings. The molecule has 0 saturated heterocycles. The SMILES string of the molecule is [2H]c1ccc2c(c1)oc1ccc(Nc3ccc(-c4nc5ccccc5o4)cc3)cc12. The average molecular weight is 377 g/mol. The first-order chi connectivity index (χ1) is 14.7. The standard InChI is InChI=1S/C25H16N2O2/c1-3-7-22-19(5-1)20-15-18(13-14-23(20)28-22)26-17-11-9-16(10-12-17)25-27-21-6-2-4-8-24(21)29-25/h1-15,26H/i3D. The van der Waals surface area contributed by atoms with Gasteiger partial charge in [-0.2, -0.15) is 0 Å². The minimum atomic E-state index is 0.443. The monoisotopic (exact) mass is 377 g/mol. The summed E-state index contributed by atoms with van der Waals surface area (Å²) in [4.78, 5) is 4.55. The summed E-state index contributed by atoms with van der Waals surface area (Å²) in [7, 11) is 0. The second-order valence-electron chi connectivity index (χ2n) is 6.92. The van der Waals surface area contributed by atoms with Gasteiger partial charge in [-0.1, -0.05) is 30.3 Å². The number of anilines is 2. The van der Waals surface area contributed by atoms with Crippen LogP contribution in [0.5, 0.6) is 0 Å². The van der Waals surface area contributed by atoms with Crippen LogP contribution >= 0.6 is 0 Å². The lowest BCUT2D eigenvalue weighted by Gasteiger charge is -2.07. The molecule has 1 N–H and O–H groups in total. The highest BCUT2D eigenvalue weighted by Gasteiger charge is 2.09. The first kappa shape index (κ1) is 14.9. The van der Waals surface area contributed by atoms with E-state index in [4.69, 9.17) is 10.2 Å². The van der Waals surface area contributed by atoms with Gasteiger partial charge in [0.25, 0.3) is 0 Å². The van der Waals surface area contributed by atoms with E-state index < -0.39 is 0 Å². The molecule has 0 fully saturated rings. The number of aromatic nitrogens is 1. The van der Waals surface area contributed by atoms with Crippen molar-refractivity contribution in [1.82, 2.24) is 4.98 Å². The van der Waals surface area contributed by atoms with Crippen LogP contribution in [0.15, 0.2) is 99.8 Å². The Morgan fingerprint density at radius 3 is 2.41 bits per heavy atom. The fourth-order valence-corrected chi connectivity index (χ4v) is 3.61. The summed E-state index contributed by atoms with van der Waals surface area (Å²) in [5, 5.41) is 5.47. The Labute approximate surface area is 167 Å². The molecule has 0 amide bonds. The summed E-state index contributed by atoms with van der Waals surface area (Å²) in [6, 6.07) is 27.7. The quantitative estimate of drug-likeness (QED) is 0.356. The number of oxazole rings is 1. The number of rotatable bonds is 3. The summed E-state index contributed by atoms with van der Waals surface area (Å²) in [5.41, 5.74) is 6.05. The first-order valence-corrected chi connectivity index (χ1v) is 9.39. The van der Waals surface area contributed by atoms with Crippen LogP contribution in [0.25, 0.3) is 44.5 Å². The maximum absolute atomic E-state index is 7.77. The van der Waals surface area contributed by atoms with E-state index >= 15 is 0 Å². The largest absolute Gasteiger partial charge is 0.456 e. The number of para-hydroxylation sites is 3. The van der Waals surface area contributed by atoms with Gasteiger partial charge < -0.3 is 14.2 Å². The highest BCUT2D eigenvalue weighted by molar-refractivity contribution is 6.06. The fourth-order valence-electron chi connectivity index (χ4n) is 3.61. The van der Waals surface area contributed by atoms with E-state index in [0.29, 0.717) is 11.9 Å². The van der Waals surface area contributed by atoms with Gasteiger partial charge in [0.2, 0.25) is 5.89 Å². The predicted octanol–water partition coefficient (Wildman–Crippen LogP) is 7.14. The van der Waals surface area contributed by atoms with Crippen LogP contribution in [0.3, 0.4) is 0 Å². The molecule has 29 heavy (non-hydrogen) atoms. The molecular formula is C25H16N2O2. The third kappa shape index (κ3) is 2.74. The first-order valence-electron chi connectivity index (χ1n) is 9.89. The van der Waals surface area contributed by atoms with Crippen LogP contribution in [-0.2, 0) is 0 Å². The van der Waals surface area contributed by atoms with Crippen molar-refractivity contribution in [1.29, 1.82) is 0 Å². The van der Waals surface area contributed by atoms with Crippen LogP contribution in [0.1, 0.15) is 1.37 Å². The van der Waals surface area contributed by atoms with Crippen molar-refractivity contribution < 1.29 is 10.2 Å². The van der Waals surface area contributed by atoms with Crippen LogP contribution < -0.4 is 5.32 Å². The lowest BCUT2D eigenvalue weighted by Crippen LogP contribution is -1.89. The Morgan fingerprint density at radius 2 is 1.52 bits per heavy atom. The molecule has 0 spiro atoms. The van der Waals surface area contributed by atoms with E-state index in [9.17, 15) is 0 Å². The van der Waals surface area contributed by atoms with Gasteiger partial charge in [-0.05, 0) is 60.7 Å². The summed E-state index contributed by atoms with van der Waals surface area (Å²) in [6.45, 7) is 0. The van der Waals surface area contributed by atoms with E-state index in [2.05, 4.69) is 16.4 Å². The number of benzene rings is 4. The lowest BCUT2D eigenvalue weighted by molar-refractivity contribution is 0.620. The van der Waals surface area contributed by atoms with Crippen LogP contribution in [0.2, 0.25) is 0 Å². The van der Waals surface area contributed by atoms with Gasteiger partial charge in [0.1, 0.15) is 16.7 Å². The summed E-state index contributed by atoms with van der Waals surface area (Å²) in [5.74, 6) is 0.614. The summed E-state index contributed by atoms with van der Waals surface area (Å²) < 4.78 is 19.5. The smallest absolute Gasteiger partial charge is 0.227 e. The molecule has 6 rings (SSSR count). The zero-order chi connectivity index (χ0) is 20.1. The molecule has 4 heteroatoms. The maximum atomic E-state index is 7.77. The predicted molar refractivity (Wildman–Crippen MR) is 116 cm³/mol. The van der Waals surface area contributed by atoms with Gasteiger partial charge in [0.15, 0.2) is 5.58 Å². The van der Waals surface area contributed by atoms with Crippen LogP contribution in [0, 0.1) is 0 Å². The highest BCUT2D eigenvalue weighted by atomic mass is 16.3. The van der Waals surface area contributed by atoms with Gasteiger partial charge in [-0.15, -0.1) is 0 Å². The molecular weight excluding hydrogens is 360 g/mol. The fraction of sp³-hybridized carbons (Fsp3) is 0. The number of fused-ring (bicyclic) bond motifs is 4. The second-order valence-corrected chi connectivity index (χ2v) is 6.92. The van der Waals surface area contributed by atoms with E-state index in [-0.39, 0.29) is 0 Å². The molecule has 2 heterocycles. The summed E-state index contributed by atoms with van der Waals surface area (Å²) in [6.07, 6.45) is 0. The Bertz CT molecular complexity index is 1500. The molecule has 0 saturated carbocycles. The van der Waals surface area contributed by atoms with Crippen molar-refractivity contribution in [2.75, 3.05) is 5.32 Å². The number of nitrogens with one attached hydrogen (secondary N) is 1. The summed E-state index contributed by atoms with van der Waals surface area (Å²) >= 11 is 0. The normalized spacial score (nSPS) is 11.9. The molecule has 2 aromatic heterocycles. The molecule has 0 bridgehead atoms. The number of hydrogen-bond donors (Lipinski definition) is 1. The molecule has 0 aliphatic carbocycles. The highest BCUT2D eigenvalue weighted by Crippen LogP contribution is 2.32.